The predicted octanol–water partition coefficient (Wildman–Crippen LogP) is 2.24. The number of nitrogens with one attached hydrogen (secondary N) is 1. The van der Waals surface area contributed by atoms with Crippen LogP contribution in [0, 0.1) is 6.92 Å². The molecule has 1 aromatic heterocycles. The third kappa shape index (κ3) is 3.61. The lowest BCUT2D eigenvalue weighted by atomic mass is 10.6. The number of carbonyl (C=O) groups is 1. The Morgan fingerprint density at radius 1 is 1.85 bits per heavy atom. The first-order valence-electron chi connectivity index (χ1n) is 3.64. The Morgan fingerprint density at radius 2 is 2.62 bits per heavy atom. The van der Waals surface area contributed by atoms with Crippen LogP contribution in [0.5, 0.6) is 0 Å². The molecule has 0 spiro atoms. The van der Waals surface area contributed by atoms with Crippen LogP contribution in [0.3, 0.4) is 0 Å². The summed E-state index contributed by atoms with van der Waals surface area (Å²) >= 11 is 6.69. The zero-order valence-electron chi connectivity index (χ0n) is 7.04. The lowest BCUT2D eigenvalue weighted by Crippen LogP contribution is -2.14. The van der Waals surface area contributed by atoms with Crippen LogP contribution in [0.15, 0.2) is 5.38 Å². The van der Waals surface area contributed by atoms with E-state index in [1.165, 1.54) is 11.3 Å². The van der Waals surface area contributed by atoms with E-state index in [1.807, 2.05) is 12.3 Å². The van der Waals surface area contributed by atoms with Crippen molar-refractivity contribution in [2.45, 2.75) is 6.92 Å². The van der Waals surface area contributed by atoms with Crippen LogP contribution in [-0.4, -0.2) is 23.6 Å². The molecule has 1 aromatic rings. The molecule has 1 N–H and O–H groups in total. The summed E-state index contributed by atoms with van der Waals surface area (Å²) in [5, 5.41) is 4.87. The second-order valence-corrected chi connectivity index (χ2v) is 3.48. The highest BCUT2D eigenvalue weighted by Crippen LogP contribution is 2.14. The zero-order chi connectivity index (χ0) is 9.68. The molecule has 0 unspecified atom stereocenters. The number of nitrogens with zero attached hydrogens (tertiary/aromatic N) is 1. The topological polar surface area (TPSA) is 51.2 Å². The zero-order valence-corrected chi connectivity index (χ0v) is 8.61. The SMILES string of the molecule is Cc1csc(NC(=O)OCCCl)n1. The maximum atomic E-state index is 11.0. The maximum Gasteiger partial charge on any atom is 0.413 e. The number of anilines is 1. The van der Waals surface area contributed by atoms with E-state index in [-0.39, 0.29) is 6.61 Å². The van der Waals surface area contributed by atoms with E-state index in [1.54, 1.807) is 0 Å². The van der Waals surface area contributed by atoms with Crippen molar-refractivity contribution in [3.05, 3.63) is 11.1 Å². The smallest absolute Gasteiger partial charge is 0.413 e. The summed E-state index contributed by atoms with van der Waals surface area (Å²) in [6, 6.07) is 0. The molecule has 0 radical (unpaired) electrons. The number of rotatable bonds is 3. The van der Waals surface area contributed by atoms with Gasteiger partial charge in [0.25, 0.3) is 0 Å². The minimum absolute atomic E-state index is 0.206. The first-order valence-corrected chi connectivity index (χ1v) is 5.05. The Labute approximate surface area is 84.9 Å². The maximum absolute atomic E-state index is 11.0. The summed E-state index contributed by atoms with van der Waals surface area (Å²) < 4.78 is 4.69. The second-order valence-electron chi connectivity index (χ2n) is 2.24. The summed E-state index contributed by atoms with van der Waals surface area (Å²) in [5.41, 5.74) is 0.873. The van der Waals surface area contributed by atoms with Crippen molar-refractivity contribution >= 4 is 34.2 Å². The molecule has 4 nitrogen and oxygen atoms in total. The Balaban J connectivity index is 2.36. The first kappa shape index (κ1) is 10.3. The van der Waals surface area contributed by atoms with Gasteiger partial charge in [-0.1, -0.05) is 0 Å². The van der Waals surface area contributed by atoms with Gasteiger partial charge in [0, 0.05) is 5.38 Å². The predicted molar refractivity (Wildman–Crippen MR) is 52.5 cm³/mol. The van der Waals surface area contributed by atoms with E-state index in [4.69, 9.17) is 11.6 Å². The molecule has 0 saturated heterocycles. The fourth-order valence-corrected chi connectivity index (χ4v) is 1.42. The Hall–Kier alpha value is -0.810. The average molecular weight is 221 g/mol. The highest BCUT2D eigenvalue weighted by molar-refractivity contribution is 7.13. The number of aromatic nitrogens is 1. The number of halogens is 1. The average Bonchev–Trinajstić information content (AvgIpc) is 2.48. The van der Waals surface area contributed by atoms with Gasteiger partial charge >= 0.3 is 6.09 Å². The van der Waals surface area contributed by atoms with Crippen molar-refractivity contribution in [1.29, 1.82) is 0 Å². The summed E-state index contributed by atoms with van der Waals surface area (Å²) in [4.78, 5) is 15.0. The van der Waals surface area contributed by atoms with Crippen molar-refractivity contribution in [2.24, 2.45) is 0 Å². The summed E-state index contributed by atoms with van der Waals surface area (Å²) in [6.45, 7) is 2.06. The first-order chi connectivity index (χ1) is 6.22. The van der Waals surface area contributed by atoms with Crippen molar-refractivity contribution < 1.29 is 9.53 Å². The van der Waals surface area contributed by atoms with E-state index < -0.39 is 6.09 Å². The lowest BCUT2D eigenvalue weighted by Gasteiger charge is -2.01. The minimum Gasteiger partial charge on any atom is -0.448 e. The largest absolute Gasteiger partial charge is 0.448 e. The van der Waals surface area contributed by atoms with E-state index in [2.05, 4.69) is 15.0 Å². The molecule has 0 aliphatic carbocycles. The molecule has 1 heterocycles. The van der Waals surface area contributed by atoms with Gasteiger partial charge in [-0.25, -0.2) is 9.78 Å². The number of alkyl halides is 1. The summed E-state index contributed by atoms with van der Waals surface area (Å²) in [5.74, 6) is 0.296. The number of amides is 1. The molecule has 6 heteroatoms. The van der Waals surface area contributed by atoms with E-state index in [9.17, 15) is 4.79 Å². The van der Waals surface area contributed by atoms with Crippen LogP contribution in [0.25, 0.3) is 0 Å². The number of hydrogen-bond donors (Lipinski definition) is 1. The van der Waals surface area contributed by atoms with Gasteiger partial charge in [0.15, 0.2) is 5.13 Å². The molecule has 0 aliphatic heterocycles. The monoisotopic (exact) mass is 220 g/mol. The van der Waals surface area contributed by atoms with Gasteiger partial charge in [0.2, 0.25) is 0 Å². The third-order valence-electron chi connectivity index (χ3n) is 1.14. The Kier molecular flexibility index (Phi) is 3.98. The van der Waals surface area contributed by atoms with Crippen LogP contribution in [0.1, 0.15) is 5.69 Å². The van der Waals surface area contributed by atoms with Gasteiger partial charge in [-0.15, -0.1) is 22.9 Å². The van der Waals surface area contributed by atoms with Crippen molar-refractivity contribution in [3.8, 4) is 0 Å². The fourth-order valence-electron chi connectivity index (χ4n) is 0.666. The summed E-state index contributed by atoms with van der Waals surface area (Å²) in [7, 11) is 0. The molecule has 0 bridgehead atoms. The second kappa shape index (κ2) is 5.04. The van der Waals surface area contributed by atoms with E-state index in [0.717, 1.165) is 5.69 Å². The molecule has 0 saturated carbocycles. The van der Waals surface area contributed by atoms with Crippen LogP contribution in [0.2, 0.25) is 0 Å². The van der Waals surface area contributed by atoms with Crippen molar-refractivity contribution in [3.63, 3.8) is 0 Å². The molecular formula is C7H9ClN2O2S. The fraction of sp³-hybridized carbons (Fsp3) is 0.429. The minimum atomic E-state index is -0.519. The lowest BCUT2D eigenvalue weighted by molar-refractivity contribution is 0.168. The van der Waals surface area contributed by atoms with Gasteiger partial charge in [0.1, 0.15) is 6.61 Å². The van der Waals surface area contributed by atoms with Gasteiger partial charge < -0.3 is 4.74 Å². The Morgan fingerprint density at radius 3 is 3.15 bits per heavy atom. The van der Waals surface area contributed by atoms with Gasteiger partial charge in [0.05, 0.1) is 11.6 Å². The molecule has 1 amide bonds. The number of thiazole rings is 1. The van der Waals surface area contributed by atoms with Crippen LogP contribution in [0.4, 0.5) is 9.93 Å². The molecule has 0 atom stereocenters. The molecule has 1 rings (SSSR count). The van der Waals surface area contributed by atoms with Gasteiger partial charge in [-0.3, -0.25) is 5.32 Å². The normalized spacial score (nSPS) is 9.69. The highest BCUT2D eigenvalue weighted by Gasteiger charge is 2.04. The van der Waals surface area contributed by atoms with E-state index >= 15 is 0 Å². The van der Waals surface area contributed by atoms with Crippen molar-refractivity contribution in [1.82, 2.24) is 4.98 Å². The summed E-state index contributed by atoms with van der Waals surface area (Å²) in [6.07, 6.45) is -0.519. The van der Waals surface area contributed by atoms with Gasteiger partial charge in [-0.05, 0) is 6.92 Å². The number of hydrogen-bond acceptors (Lipinski definition) is 4. The van der Waals surface area contributed by atoms with Crippen molar-refractivity contribution in [2.75, 3.05) is 17.8 Å². The molecule has 72 valence electrons. The number of aryl methyl sites for hydroxylation is 1. The van der Waals surface area contributed by atoms with E-state index in [0.29, 0.717) is 11.0 Å². The molecule has 0 aliphatic rings. The van der Waals surface area contributed by atoms with Gasteiger partial charge in [-0.2, -0.15) is 0 Å². The molecule has 13 heavy (non-hydrogen) atoms. The van der Waals surface area contributed by atoms with Crippen LogP contribution in [-0.2, 0) is 4.74 Å². The number of ether oxygens (including phenoxy) is 1. The van der Waals surface area contributed by atoms with Crippen LogP contribution < -0.4 is 5.32 Å². The third-order valence-corrected chi connectivity index (χ3v) is 2.17. The molecule has 0 fully saturated rings. The number of carbonyl (C=O) groups excluding carboxylic acids is 1. The van der Waals surface area contributed by atoms with Crippen LogP contribution >= 0.6 is 22.9 Å². The Bertz CT molecular complexity index is 290. The standard InChI is InChI=1S/C7H9ClN2O2S/c1-5-4-13-6(9-5)10-7(11)12-3-2-8/h4H,2-3H2,1H3,(H,9,10,11). The highest BCUT2D eigenvalue weighted by atomic mass is 35.5. The molecule has 0 aromatic carbocycles. The quantitative estimate of drug-likeness (QED) is 0.795. The molecular weight excluding hydrogens is 212 g/mol.